The molecule has 0 aliphatic carbocycles. The molecule has 0 aromatic heterocycles. The summed E-state index contributed by atoms with van der Waals surface area (Å²) in [4.78, 5) is 10.1. The Hall–Kier alpha value is -0.400. The average molecular weight is 254 g/mol. The van der Waals surface area contributed by atoms with Gasteiger partial charge in [0.25, 0.3) is 0 Å². The average Bonchev–Trinajstić information content (AvgIpc) is 2.11. The molecule has 0 aliphatic rings. The zero-order valence-electron chi connectivity index (χ0n) is 6.25. The van der Waals surface area contributed by atoms with E-state index in [-0.39, 0.29) is 37.7 Å². The number of hydrogen-bond acceptors (Lipinski definition) is 1. The van der Waals surface area contributed by atoms with Gasteiger partial charge in [-0.2, -0.15) is 0 Å². The molecular formula is C7H3CaF5O2. The Bertz CT molecular complexity index is 391. The van der Waals surface area contributed by atoms with Crippen LogP contribution in [-0.2, 0) is 0 Å². The Kier molecular flexibility index (Phi) is 4.95. The van der Waals surface area contributed by atoms with Crippen molar-refractivity contribution in [2.75, 3.05) is 0 Å². The van der Waals surface area contributed by atoms with E-state index in [1.807, 2.05) is 0 Å². The first kappa shape index (κ1) is 14.6. The fourth-order valence-electron chi connectivity index (χ4n) is 0.793. The molecule has 0 saturated carbocycles. The quantitative estimate of drug-likeness (QED) is 0.353. The molecule has 1 aromatic carbocycles. The van der Waals surface area contributed by atoms with Gasteiger partial charge in [0.1, 0.15) is 5.56 Å². The molecule has 1 aromatic rings. The third-order valence-corrected chi connectivity index (χ3v) is 1.42. The third-order valence-electron chi connectivity index (χ3n) is 1.42. The van der Waals surface area contributed by atoms with Crippen molar-refractivity contribution in [3.05, 3.63) is 34.6 Å². The SMILES string of the molecule is O=C(O)c1c(F)c(F)c(F)c(F)c1F.[CaH2]. The van der Waals surface area contributed by atoms with Crippen LogP contribution in [0.2, 0.25) is 0 Å². The molecule has 2 nitrogen and oxygen atoms in total. The summed E-state index contributed by atoms with van der Waals surface area (Å²) in [6, 6.07) is 0. The normalized spacial score (nSPS) is 9.67. The summed E-state index contributed by atoms with van der Waals surface area (Å²) < 4.78 is 62.1. The number of carbonyl (C=O) groups is 1. The Morgan fingerprint density at radius 1 is 0.800 bits per heavy atom. The molecule has 0 bridgehead atoms. The predicted molar refractivity (Wildman–Crippen MR) is 41.7 cm³/mol. The molecule has 0 radical (unpaired) electrons. The zero-order valence-corrected chi connectivity index (χ0v) is 6.25. The number of benzene rings is 1. The van der Waals surface area contributed by atoms with Crippen LogP contribution in [0.25, 0.3) is 0 Å². The number of aromatic carboxylic acids is 1. The molecule has 8 heteroatoms. The van der Waals surface area contributed by atoms with Crippen molar-refractivity contribution in [3.63, 3.8) is 0 Å². The van der Waals surface area contributed by atoms with Crippen molar-refractivity contribution in [2.45, 2.75) is 0 Å². The summed E-state index contributed by atoms with van der Waals surface area (Å²) in [5.41, 5.74) is -1.86. The minimum atomic E-state index is -2.38. The van der Waals surface area contributed by atoms with Crippen molar-refractivity contribution in [2.24, 2.45) is 0 Å². The van der Waals surface area contributed by atoms with Gasteiger partial charge in [0.15, 0.2) is 23.3 Å². The molecular weight excluding hydrogens is 251 g/mol. The van der Waals surface area contributed by atoms with Crippen LogP contribution in [-0.4, -0.2) is 48.8 Å². The summed E-state index contributed by atoms with van der Waals surface area (Å²) in [6.45, 7) is 0. The van der Waals surface area contributed by atoms with Gasteiger partial charge in [-0.05, 0) is 0 Å². The number of hydrogen-bond donors (Lipinski definition) is 1. The Morgan fingerprint density at radius 2 is 1.07 bits per heavy atom. The summed E-state index contributed by atoms with van der Waals surface area (Å²) in [5, 5.41) is 8.15. The number of carboxylic acids is 1. The molecule has 1 N–H and O–H groups in total. The van der Waals surface area contributed by atoms with Crippen LogP contribution in [0.3, 0.4) is 0 Å². The predicted octanol–water partition coefficient (Wildman–Crippen LogP) is 1.16. The van der Waals surface area contributed by atoms with Gasteiger partial charge in [0.2, 0.25) is 5.82 Å². The maximum absolute atomic E-state index is 12.6. The van der Waals surface area contributed by atoms with E-state index in [0.29, 0.717) is 0 Å². The number of rotatable bonds is 1. The van der Waals surface area contributed by atoms with Gasteiger partial charge < -0.3 is 5.11 Å². The van der Waals surface area contributed by atoms with Crippen LogP contribution in [0, 0.1) is 29.1 Å². The second-order valence-corrected chi connectivity index (χ2v) is 2.25. The van der Waals surface area contributed by atoms with Gasteiger partial charge in [-0.3, -0.25) is 0 Å². The summed E-state index contributed by atoms with van der Waals surface area (Å²) in [5.74, 6) is -13.9. The minimum absolute atomic E-state index is 0. The Balaban J connectivity index is 0.00000196. The topological polar surface area (TPSA) is 37.3 Å². The molecule has 80 valence electrons. The second kappa shape index (κ2) is 5.09. The zero-order chi connectivity index (χ0) is 11.0. The van der Waals surface area contributed by atoms with Crippen LogP contribution in [0.5, 0.6) is 0 Å². The fourth-order valence-corrected chi connectivity index (χ4v) is 0.793. The molecule has 0 amide bonds. The van der Waals surface area contributed by atoms with Crippen LogP contribution in [0.4, 0.5) is 22.0 Å². The summed E-state index contributed by atoms with van der Waals surface area (Å²) in [7, 11) is 0. The van der Waals surface area contributed by atoms with Gasteiger partial charge in [-0.1, -0.05) is 0 Å². The monoisotopic (exact) mass is 254 g/mol. The molecule has 0 fully saturated rings. The molecule has 0 saturated heterocycles. The molecule has 0 aliphatic heterocycles. The van der Waals surface area contributed by atoms with Crippen LogP contribution in [0.15, 0.2) is 0 Å². The number of halogens is 5. The van der Waals surface area contributed by atoms with E-state index in [9.17, 15) is 26.7 Å². The van der Waals surface area contributed by atoms with E-state index >= 15 is 0 Å². The summed E-state index contributed by atoms with van der Waals surface area (Å²) >= 11 is 0. The van der Waals surface area contributed by atoms with Crippen LogP contribution >= 0.6 is 0 Å². The van der Waals surface area contributed by atoms with Crippen molar-refractivity contribution >= 4 is 43.7 Å². The van der Waals surface area contributed by atoms with Crippen molar-refractivity contribution in [1.29, 1.82) is 0 Å². The maximum atomic E-state index is 12.6. The van der Waals surface area contributed by atoms with Crippen molar-refractivity contribution in [1.82, 2.24) is 0 Å². The van der Waals surface area contributed by atoms with E-state index < -0.39 is 40.6 Å². The molecule has 15 heavy (non-hydrogen) atoms. The first-order chi connectivity index (χ1) is 6.37. The van der Waals surface area contributed by atoms with Crippen molar-refractivity contribution in [3.8, 4) is 0 Å². The van der Waals surface area contributed by atoms with Gasteiger partial charge in [0, 0.05) is 0 Å². The van der Waals surface area contributed by atoms with E-state index in [2.05, 4.69) is 0 Å². The second-order valence-electron chi connectivity index (χ2n) is 2.25. The third kappa shape index (κ3) is 2.40. The molecule has 1 rings (SSSR count). The Labute approximate surface area is 110 Å². The summed E-state index contributed by atoms with van der Waals surface area (Å²) in [6.07, 6.45) is 0. The van der Waals surface area contributed by atoms with Gasteiger partial charge in [-0.15, -0.1) is 0 Å². The van der Waals surface area contributed by atoms with Gasteiger partial charge >= 0.3 is 43.7 Å². The van der Waals surface area contributed by atoms with E-state index in [4.69, 9.17) is 5.11 Å². The van der Waals surface area contributed by atoms with Crippen LogP contribution in [0.1, 0.15) is 10.4 Å². The van der Waals surface area contributed by atoms with E-state index in [1.54, 1.807) is 0 Å². The van der Waals surface area contributed by atoms with E-state index in [0.717, 1.165) is 0 Å². The molecule has 0 heterocycles. The van der Waals surface area contributed by atoms with Gasteiger partial charge in [-0.25, -0.2) is 26.7 Å². The Morgan fingerprint density at radius 3 is 1.33 bits per heavy atom. The van der Waals surface area contributed by atoms with Gasteiger partial charge in [0.05, 0.1) is 0 Å². The van der Waals surface area contributed by atoms with Crippen LogP contribution < -0.4 is 0 Å². The first-order valence-electron chi connectivity index (χ1n) is 3.12. The standard InChI is InChI=1S/C7HF5O2.Ca.2H/c8-2-1(7(13)14)3(9)5(11)6(12)4(2)10;;;/h(H,13,14);;;. The molecule has 0 spiro atoms. The van der Waals surface area contributed by atoms with Crippen molar-refractivity contribution < 1.29 is 31.9 Å². The molecule has 0 atom stereocenters. The first-order valence-corrected chi connectivity index (χ1v) is 3.12. The van der Waals surface area contributed by atoms with E-state index in [1.165, 1.54) is 0 Å². The molecule has 0 unspecified atom stereocenters. The fraction of sp³-hybridized carbons (Fsp3) is 0. The number of carboxylic acid groups (broad SMARTS) is 1.